The summed E-state index contributed by atoms with van der Waals surface area (Å²) in [6.45, 7) is 0.273. The Morgan fingerprint density at radius 3 is 2.70 bits per heavy atom. The second-order valence-corrected chi connectivity index (χ2v) is 6.94. The number of hydrogen-bond acceptors (Lipinski definition) is 4. The van der Waals surface area contributed by atoms with E-state index in [1.165, 1.54) is 5.56 Å². The van der Waals surface area contributed by atoms with Crippen LogP contribution < -0.4 is 14.2 Å². The zero-order valence-electron chi connectivity index (χ0n) is 14.7. The van der Waals surface area contributed by atoms with Crippen molar-refractivity contribution in [2.24, 2.45) is 0 Å². The van der Waals surface area contributed by atoms with Crippen molar-refractivity contribution in [2.75, 3.05) is 13.9 Å². The normalized spacial score (nSPS) is 12.7. The van der Waals surface area contributed by atoms with Crippen LogP contribution in [0.4, 0.5) is 0 Å². The van der Waals surface area contributed by atoms with E-state index in [0.717, 1.165) is 51.0 Å². The molecule has 0 aliphatic carbocycles. The van der Waals surface area contributed by atoms with Crippen molar-refractivity contribution in [2.45, 2.75) is 6.42 Å². The Balaban J connectivity index is 1.73. The molecule has 1 aliphatic heterocycles. The summed E-state index contributed by atoms with van der Waals surface area (Å²) in [5.74, 6) is 2.39. The van der Waals surface area contributed by atoms with E-state index in [-0.39, 0.29) is 6.79 Å². The highest BCUT2D eigenvalue weighted by molar-refractivity contribution is 6.31. The Morgan fingerprint density at radius 1 is 0.926 bits per heavy atom. The van der Waals surface area contributed by atoms with E-state index in [4.69, 9.17) is 30.8 Å². The number of rotatable bonds is 3. The molecule has 5 heteroatoms. The predicted molar refractivity (Wildman–Crippen MR) is 106 cm³/mol. The molecule has 0 fully saturated rings. The van der Waals surface area contributed by atoms with Crippen LogP contribution >= 0.6 is 11.6 Å². The molecule has 0 radical (unpaired) electrons. The van der Waals surface area contributed by atoms with Crippen LogP contribution in [0.15, 0.2) is 54.6 Å². The molecule has 0 saturated carbocycles. The summed E-state index contributed by atoms with van der Waals surface area (Å²) in [6, 6.07) is 17.9. The van der Waals surface area contributed by atoms with Crippen molar-refractivity contribution < 1.29 is 14.2 Å². The molecule has 134 valence electrons. The molecule has 3 aromatic carbocycles. The third-order valence-corrected chi connectivity index (χ3v) is 5.11. The Hall–Kier alpha value is -2.98. The molecule has 0 N–H and O–H groups in total. The first kappa shape index (κ1) is 16.2. The maximum absolute atomic E-state index is 6.20. The quantitative estimate of drug-likeness (QED) is 0.450. The van der Waals surface area contributed by atoms with Gasteiger partial charge in [-0.3, -0.25) is 0 Å². The van der Waals surface area contributed by atoms with E-state index in [0.29, 0.717) is 5.02 Å². The maximum atomic E-state index is 6.20. The van der Waals surface area contributed by atoms with Crippen LogP contribution in [-0.4, -0.2) is 18.9 Å². The molecule has 0 saturated heterocycles. The predicted octanol–water partition coefficient (Wildman–Crippen LogP) is 5.37. The van der Waals surface area contributed by atoms with Gasteiger partial charge in [0.1, 0.15) is 5.75 Å². The third kappa shape index (κ3) is 2.82. The molecule has 4 aromatic rings. The lowest BCUT2D eigenvalue weighted by Gasteiger charge is -2.13. The van der Waals surface area contributed by atoms with Gasteiger partial charge in [-0.05, 0) is 60.0 Å². The van der Waals surface area contributed by atoms with E-state index >= 15 is 0 Å². The number of nitrogens with zero attached hydrogens (tertiary/aromatic N) is 1. The fraction of sp³-hybridized carbons (Fsp3) is 0.136. The molecule has 0 spiro atoms. The lowest BCUT2D eigenvalue weighted by Crippen LogP contribution is -1.96. The summed E-state index contributed by atoms with van der Waals surface area (Å²) in [6.07, 6.45) is 0.737. The molecular weight excluding hydrogens is 362 g/mol. The van der Waals surface area contributed by atoms with Gasteiger partial charge in [-0.2, -0.15) is 0 Å². The number of ether oxygens (including phenoxy) is 3. The molecule has 0 unspecified atom stereocenters. The fourth-order valence-electron chi connectivity index (χ4n) is 3.55. The van der Waals surface area contributed by atoms with Gasteiger partial charge in [-0.1, -0.05) is 23.7 Å². The first-order valence-corrected chi connectivity index (χ1v) is 9.03. The molecule has 1 aromatic heterocycles. The van der Waals surface area contributed by atoms with Crippen LogP contribution in [0.1, 0.15) is 11.1 Å². The van der Waals surface area contributed by atoms with Crippen LogP contribution in [0.25, 0.3) is 21.8 Å². The van der Waals surface area contributed by atoms with Gasteiger partial charge in [-0.15, -0.1) is 0 Å². The molecule has 0 bridgehead atoms. The standard InChI is InChI=1S/C22H16ClNO3/c1-25-15-4-6-19-18(11-15)17(16-5-3-14(23)10-20(16)24-19)8-13-2-7-21-22(9-13)27-12-26-21/h2-7,9-11H,8,12H2,1H3. The molecule has 2 heterocycles. The highest BCUT2D eigenvalue weighted by Gasteiger charge is 2.16. The number of methoxy groups -OCH3 is 1. The van der Waals surface area contributed by atoms with E-state index in [1.54, 1.807) is 7.11 Å². The third-order valence-electron chi connectivity index (χ3n) is 4.87. The molecule has 0 atom stereocenters. The highest BCUT2D eigenvalue weighted by atomic mass is 35.5. The molecule has 0 amide bonds. The zero-order chi connectivity index (χ0) is 18.4. The number of fused-ring (bicyclic) bond motifs is 3. The molecule has 27 heavy (non-hydrogen) atoms. The average Bonchev–Trinajstić information content (AvgIpc) is 3.15. The lowest BCUT2D eigenvalue weighted by molar-refractivity contribution is 0.174. The number of halogens is 1. The summed E-state index contributed by atoms with van der Waals surface area (Å²) >= 11 is 6.20. The molecule has 4 nitrogen and oxygen atoms in total. The lowest BCUT2D eigenvalue weighted by atomic mass is 9.96. The van der Waals surface area contributed by atoms with Gasteiger partial charge in [0.15, 0.2) is 11.5 Å². The number of aromatic nitrogens is 1. The molecule has 1 aliphatic rings. The summed E-state index contributed by atoms with van der Waals surface area (Å²) in [7, 11) is 1.67. The van der Waals surface area contributed by atoms with Crippen LogP contribution in [0.5, 0.6) is 17.2 Å². The number of hydrogen-bond donors (Lipinski definition) is 0. The topological polar surface area (TPSA) is 40.6 Å². The van der Waals surface area contributed by atoms with E-state index in [1.807, 2.05) is 48.5 Å². The highest BCUT2D eigenvalue weighted by Crippen LogP contribution is 2.36. The fourth-order valence-corrected chi connectivity index (χ4v) is 3.72. The summed E-state index contributed by atoms with van der Waals surface area (Å²) in [5, 5.41) is 2.83. The monoisotopic (exact) mass is 377 g/mol. The Bertz CT molecular complexity index is 1190. The van der Waals surface area contributed by atoms with Crippen LogP contribution in [0.3, 0.4) is 0 Å². The summed E-state index contributed by atoms with van der Waals surface area (Å²) in [5.41, 5.74) is 4.13. The first-order chi connectivity index (χ1) is 13.2. The van der Waals surface area contributed by atoms with Gasteiger partial charge in [0.2, 0.25) is 6.79 Å². The van der Waals surface area contributed by atoms with Gasteiger partial charge < -0.3 is 14.2 Å². The SMILES string of the molecule is COc1ccc2nc3cc(Cl)ccc3c(Cc3ccc4c(c3)OCO4)c2c1. The smallest absolute Gasteiger partial charge is 0.231 e. The second kappa shape index (κ2) is 6.32. The van der Waals surface area contributed by atoms with E-state index < -0.39 is 0 Å². The molecule has 5 rings (SSSR count). The van der Waals surface area contributed by atoms with Crippen LogP contribution in [0.2, 0.25) is 5.02 Å². The van der Waals surface area contributed by atoms with E-state index in [9.17, 15) is 0 Å². The minimum atomic E-state index is 0.273. The Morgan fingerprint density at radius 2 is 1.81 bits per heavy atom. The zero-order valence-corrected chi connectivity index (χ0v) is 15.4. The van der Waals surface area contributed by atoms with Gasteiger partial charge >= 0.3 is 0 Å². The van der Waals surface area contributed by atoms with Gasteiger partial charge in [0.05, 0.1) is 18.1 Å². The number of pyridine rings is 1. The minimum absolute atomic E-state index is 0.273. The largest absolute Gasteiger partial charge is 0.497 e. The summed E-state index contributed by atoms with van der Waals surface area (Å²) < 4.78 is 16.4. The van der Waals surface area contributed by atoms with Crippen molar-refractivity contribution in [1.29, 1.82) is 0 Å². The van der Waals surface area contributed by atoms with Crippen LogP contribution in [0, 0.1) is 0 Å². The van der Waals surface area contributed by atoms with Crippen molar-refractivity contribution in [3.05, 3.63) is 70.7 Å². The Labute approximate surface area is 161 Å². The average molecular weight is 378 g/mol. The van der Waals surface area contributed by atoms with Crippen molar-refractivity contribution >= 4 is 33.4 Å². The molecular formula is C22H16ClNO3. The van der Waals surface area contributed by atoms with E-state index in [2.05, 4.69) is 6.07 Å². The Kier molecular flexibility index (Phi) is 3.80. The van der Waals surface area contributed by atoms with Gasteiger partial charge in [0, 0.05) is 15.8 Å². The number of benzene rings is 3. The van der Waals surface area contributed by atoms with Crippen molar-refractivity contribution in [3.8, 4) is 17.2 Å². The van der Waals surface area contributed by atoms with Crippen molar-refractivity contribution in [1.82, 2.24) is 4.98 Å². The second-order valence-electron chi connectivity index (χ2n) is 6.50. The van der Waals surface area contributed by atoms with Gasteiger partial charge in [0.25, 0.3) is 0 Å². The summed E-state index contributed by atoms with van der Waals surface area (Å²) in [4.78, 5) is 4.79. The van der Waals surface area contributed by atoms with Crippen LogP contribution in [-0.2, 0) is 6.42 Å². The maximum Gasteiger partial charge on any atom is 0.231 e. The first-order valence-electron chi connectivity index (χ1n) is 8.66. The van der Waals surface area contributed by atoms with Gasteiger partial charge in [-0.25, -0.2) is 4.98 Å². The minimum Gasteiger partial charge on any atom is -0.497 e. The van der Waals surface area contributed by atoms with Crippen molar-refractivity contribution in [3.63, 3.8) is 0 Å².